The summed E-state index contributed by atoms with van der Waals surface area (Å²) in [4.78, 5) is 4.47. The predicted octanol–water partition coefficient (Wildman–Crippen LogP) is 1.93. The molecular weight excluding hydrogens is 308 g/mol. The molecule has 2 rings (SSSR count). The molecule has 2 N–H and O–H groups in total. The molecule has 0 saturated heterocycles. The van der Waals surface area contributed by atoms with E-state index in [0.717, 1.165) is 11.3 Å². The lowest BCUT2D eigenvalue weighted by atomic mass is 10.1. The van der Waals surface area contributed by atoms with Gasteiger partial charge in [-0.2, -0.15) is 0 Å². The van der Waals surface area contributed by atoms with E-state index in [2.05, 4.69) is 10.3 Å². The average molecular weight is 326 g/mol. The van der Waals surface area contributed by atoms with Crippen LogP contribution in [0.3, 0.4) is 0 Å². The summed E-state index contributed by atoms with van der Waals surface area (Å²) in [6.45, 7) is 2.36. The summed E-state index contributed by atoms with van der Waals surface area (Å²) in [6.07, 6.45) is 2.22. The monoisotopic (exact) mass is 326 g/mol. The number of nitrogens with one attached hydrogen (secondary N) is 1. The molecule has 0 radical (unpaired) electrons. The van der Waals surface area contributed by atoms with Crippen molar-refractivity contribution in [3.63, 3.8) is 0 Å². The van der Waals surface area contributed by atoms with Crippen LogP contribution in [0, 0.1) is 0 Å². The zero-order valence-corrected chi connectivity index (χ0v) is 13.5. The second kappa shape index (κ2) is 6.65. The quantitative estimate of drug-likeness (QED) is 0.848. The number of thiazole rings is 1. The number of aliphatic hydroxyl groups excluding tert-OH is 1. The van der Waals surface area contributed by atoms with Crippen LogP contribution in [0.2, 0.25) is 0 Å². The Bertz CT molecular complexity index is 667. The molecule has 114 valence electrons. The summed E-state index contributed by atoms with van der Waals surface area (Å²) in [6, 6.07) is 6.36. The zero-order chi connectivity index (χ0) is 15.5. The summed E-state index contributed by atoms with van der Waals surface area (Å²) in [7, 11) is -3.20. The Labute approximate surface area is 128 Å². The standard InChI is InChI=1S/C14H18N2O3S2/c1-10(14-15-7-8-20-14)16-9-13(17)11-3-5-12(6-4-11)21(2,18)19/h3-8,10,13,16-17H,9H2,1-2H3. The maximum atomic E-state index is 11.4. The summed E-state index contributed by atoms with van der Waals surface area (Å²) in [5.74, 6) is 0. The number of aromatic nitrogens is 1. The van der Waals surface area contributed by atoms with Crippen molar-refractivity contribution in [3.8, 4) is 0 Å². The van der Waals surface area contributed by atoms with Crippen LogP contribution in [0.15, 0.2) is 40.7 Å². The van der Waals surface area contributed by atoms with Gasteiger partial charge in [0.1, 0.15) is 5.01 Å². The van der Waals surface area contributed by atoms with Crippen LogP contribution in [0.5, 0.6) is 0 Å². The molecule has 2 unspecified atom stereocenters. The highest BCUT2D eigenvalue weighted by molar-refractivity contribution is 7.90. The number of sulfone groups is 1. The van der Waals surface area contributed by atoms with Gasteiger partial charge in [-0.3, -0.25) is 0 Å². The van der Waals surface area contributed by atoms with Gasteiger partial charge >= 0.3 is 0 Å². The minimum absolute atomic E-state index is 0.0648. The van der Waals surface area contributed by atoms with Crippen molar-refractivity contribution < 1.29 is 13.5 Å². The van der Waals surface area contributed by atoms with Crippen LogP contribution < -0.4 is 5.32 Å². The third-order valence-electron chi connectivity index (χ3n) is 3.13. The minimum Gasteiger partial charge on any atom is -0.387 e. The largest absolute Gasteiger partial charge is 0.387 e. The SMILES string of the molecule is CC(NCC(O)c1ccc(S(C)(=O)=O)cc1)c1nccs1. The van der Waals surface area contributed by atoms with Gasteiger partial charge in [-0.05, 0) is 24.6 Å². The van der Waals surface area contributed by atoms with E-state index in [4.69, 9.17) is 0 Å². The van der Waals surface area contributed by atoms with Crippen molar-refractivity contribution in [1.29, 1.82) is 0 Å². The van der Waals surface area contributed by atoms with E-state index in [1.165, 1.54) is 12.1 Å². The number of hydrogen-bond donors (Lipinski definition) is 2. The van der Waals surface area contributed by atoms with Crippen LogP contribution in [0.1, 0.15) is 29.6 Å². The molecule has 0 aliphatic heterocycles. The van der Waals surface area contributed by atoms with E-state index in [0.29, 0.717) is 12.1 Å². The highest BCUT2D eigenvalue weighted by Crippen LogP contribution is 2.18. The summed E-state index contributed by atoms with van der Waals surface area (Å²) in [5.41, 5.74) is 0.682. The molecule has 0 saturated carbocycles. The smallest absolute Gasteiger partial charge is 0.175 e. The topological polar surface area (TPSA) is 79.3 Å². The highest BCUT2D eigenvalue weighted by Gasteiger charge is 2.13. The van der Waals surface area contributed by atoms with Crippen LogP contribution in [-0.2, 0) is 9.84 Å². The van der Waals surface area contributed by atoms with Crippen LogP contribution in [0.25, 0.3) is 0 Å². The number of rotatable bonds is 6. The molecule has 2 atom stereocenters. The fourth-order valence-corrected chi connectivity index (χ4v) is 3.18. The zero-order valence-electron chi connectivity index (χ0n) is 11.9. The average Bonchev–Trinajstić information content (AvgIpc) is 2.98. The van der Waals surface area contributed by atoms with Crippen molar-refractivity contribution in [1.82, 2.24) is 10.3 Å². The van der Waals surface area contributed by atoms with Gasteiger partial charge in [-0.1, -0.05) is 12.1 Å². The molecular formula is C14H18N2O3S2. The van der Waals surface area contributed by atoms with Crippen LogP contribution in [0.4, 0.5) is 0 Å². The molecule has 1 aromatic heterocycles. The first-order valence-electron chi connectivity index (χ1n) is 6.49. The van der Waals surface area contributed by atoms with E-state index in [1.807, 2.05) is 12.3 Å². The lowest BCUT2D eigenvalue weighted by Crippen LogP contribution is -2.24. The van der Waals surface area contributed by atoms with Gasteiger partial charge < -0.3 is 10.4 Å². The lowest BCUT2D eigenvalue weighted by Gasteiger charge is -2.16. The fraction of sp³-hybridized carbons (Fsp3) is 0.357. The first-order chi connectivity index (χ1) is 9.88. The second-order valence-electron chi connectivity index (χ2n) is 4.86. The van der Waals surface area contributed by atoms with E-state index >= 15 is 0 Å². The van der Waals surface area contributed by atoms with E-state index < -0.39 is 15.9 Å². The maximum absolute atomic E-state index is 11.4. The Kier molecular flexibility index (Phi) is 5.10. The van der Waals surface area contributed by atoms with E-state index in [-0.39, 0.29) is 10.9 Å². The molecule has 5 nitrogen and oxygen atoms in total. The summed E-state index contributed by atoms with van der Waals surface area (Å²) < 4.78 is 22.8. The van der Waals surface area contributed by atoms with Crippen molar-refractivity contribution >= 4 is 21.2 Å². The predicted molar refractivity (Wildman–Crippen MR) is 83.0 cm³/mol. The van der Waals surface area contributed by atoms with Crippen molar-refractivity contribution in [3.05, 3.63) is 46.4 Å². The second-order valence-corrected chi connectivity index (χ2v) is 7.80. The Morgan fingerprint density at radius 2 is 2.00 bits per heavy atom. The Hall–Kier alpha value is -1.28. The third kappa shape index (κ3) is 4.34. The van der Waals surface area contributed by atoms with Crippen LogP contribution >= 0.6 is 11.3 Å². The fourth-order valence-electron chi connectivity index (χ4n) is 1.88. The first kappa shape index (κ1) is 16.1. The molecule has 0 bridgehead atoms. The normalized spacial score (nSPS) is 14.8. The van der Waals surface area contributed by atoms with Gasteiger partial charge in [0, 0.05) is 24.4 Å². The number of hydrogen-bond acceptors (Lipinski definition) is 6. The number of aliphatic hydroxyl groups is 1. The Morgan fingerprint density at radius 1 is 1.33 bits per heavy atom. The lowest BCUT2D eigenvalue weighted by molar-refractivity contribution is 0.170. The molecule has 0 spiro atoms. The van der Waals surface area contributed by atoms with Crippen LogP contribution in [-0.4, -0.2) is 31.3 Å². The Morgan fingerprint density at radius 3 is 2.52 bits per heavy atom. The summed E-state index contributed by atoms with van der Waals surface area (Å²) in [5, 5.41) is 16.2. The molecule has 1 heterocycles. The molecule has 0 amide bonds. The molecule has 0 aliphatic rings. The highest BCUT2D eigenvalue weighted by atomic mass is 32.2. The van der Waals surface area contributed by atoms with Gasteiger partial charge in [0.15, 0.2) is 9.84 Å². The van der Waals surface area contributed by atoms with Gasteiger partial charge in [0.25, 0.3) is 0 Å². The number of nitrogens with zero attached hydrogens (tertiary/aromatic N) is 1. The molecule has 0 aliphatic carbocycles. The summed E-state index contributed by atoms with van der Waals surface area (Å²) >= 11 is 1.56. The molecule has 0 fully saturated rings. The molecule has 1 aromatic carbocycles. The van der Waals surface area contributed by atoms with Gasteiger partial charge in [-0.25, -0.2) is 13.4 Å². The Balaban J connectivity index is 1.96. The molecule has 7 heteroatoms. The third-order valence-corrected chi connectivity index (χ3v) is 5.22. The first-order valence-corrected chi connectivity index (χ1v) is 9.26. The maximum Gasteiger partial charge on any atom is 0.175 e. The van der Waals surface area contributed by atoms with Gasteiger partial charge in [-0.15, -0.1) is 11.3 Å². The number of benzene rings is 1. The van der Waals surface area contributed by atoms with Crippen molar-refractivity contribution in [2.45, 2.75) is 24.0 Å². The van der Waals surface area contributed by atoms with E-state index in [1.54, 1.807) is 29.7 Å². The minimum atomic E-state index is -3.20. The van der Waals surface area contributed by atoms with E-state index in [9.17, 15) is 13.5 Å². The molecule has 21 heavy (non-hydrogen) atoms. The van der Waals surface area contributed by atoms with Gasteiger partial charge in [0.2, 0.25) is 0 Å². The van der Waals surface area contributed by atoms with Crippen molar-refractivity contribution in [2.75, 3.05) is 12.8 Å². The van der Waals surface area contributed by atoms with Crippen molar-refractivity contribution in [2.24, 2.45) is 0 Å². The molecule has 2 aromatic rings. The van der Waals surface area contributed by atoms with Gasteiger partial charge in [0.05, 0.1) is 17.0 Å².